The lowest BCUT2D eigenvalue weighted by Crippen LogP contribution is -2.04. The maximum Gasteiger partial charge on any atom is 0.124 e. The molecule has 8 N–H and O–H groups in total. The van der Waals surface area contributed by atoms with Crippen molar-refractivity contribution in [3.8, 4) is 11.5 Å². The normalized spacial score (nSPS) is 11.0. The van der Waals surface area contributed by atoms with Gasteiger partial charge in [-0.15, -0.1) is 0 Å². The highest BCUT2D eigenvalue weighted by Gasteiger charge is 2.14. The summed E-state index contributed by atoms with van der Waals surface area (Å²) in [7, 11) is 0. The predicted octanol–water partition coefficient (Wildman–Crippen LogP) is 0.591. The summed E-state index contributed by atoms with van der Waals surface area (Å²) in [6.07, 6.45) is 0.235. The number of nitrogens with two attached hydrogens (primary N) is 2. The molecule has 0 bridgehead atoms. The van der Waals surface area contributed by atoms with Crippen LogP contribution in [0, 0.1) is 0 Å². The highest BCUT2D eigenvalue weighted by atomic mass is 16.3. The largest absolute Gasteiger partial charge is 0.507 e. The number of aromatic hydroxyl groups is 2. The lowest BCUT2D eigenvalue weighted by molar-refractivity contribution is 0.275. The Balaban J connectivity index is 2.50. The minimum absolute atomic E-state index is 0.0206. The minimum atomic E-state index is -0.302. The molecule has 0 saturated heterocycles. The first-order valence-corrected chi connectivity index (χ1v) is 7.33. The van der Waals surface area contributed by atoms with Crippen molar-refractivity contribution in [2.45, 2.75) is 32.7 Å². The van der Waals surface area contributed by atoms with Gasteiger partial charge in [0.25, 0.3) is 0 Å². The number of aliphatic hydroxyl groups excluding tert-OH is 2. The van der Waals surface area contributed by atoms with Crippen molar-refractivity contribution in [2.75, 3.05) is 0 Å². The summed E-state index contributed by atoms with van der Waals surface area (Å²) in [5, 5.41) is 39.2. The maximum absolute atomic E-state index is 10.3. The Hall–Kier alpha value is -2.12. The molecular formula is C17H22N2O4. The molecule has 6 nitrogen and oxygen atoms in total. The average molecular weight is 318 g/mol. The van der Waals surface area contributed by atoms with Crippen molar-refractivity contribution in [3.05, 3.63) is 57.6 Å². The smallest absolute Gasteiger partial charge is 0.124 e. The van der Waals surface area contributed by atoms with Crippen molar-refractivity contribution < 1.29 is 20.4 Å². The third-order valence-electron chi connectivity index (χ3n) is 3.85. The Bertz CT molecular complexity index is 642. The zero-order valence-electron chi connectivity index (χ0n) is 12.8. The van der Waals surface area contributed by atoms with Gasteiger partial charge in [0.05, 0.1) is 13.2 Å². The number of benzene rings is 2. The van der Waals surface area contributed by atoms with Gasteiger partial charge >= 0.3 is 0 Å². The summed E-state index contributed by atoms with van der Waals surface area (Å²) in [6, 6.07) is 6.77. The monoisotopic (exact) mass is 318 g/mol. The van der Waals surface area contributed by atoms with Crippen LogP contribution in [0.25, 0.3) is 0 Å². The summed E-state index contributed by atoms with van der Waals surface area (Å²) in [5.74, 6) is -0.0411. The highest BCUT2D eigenvalue weighted by molar-refractivity contribution is 5.50. The molecule has 0 aliphatic heterocycles. The first kappa shape index (κ1) is 17.2. The van der Waals surface area contributed by atoms with Crippen LogP contribution < -0.4 is 11.5 Å². The van der Waals surface area contributed by atoms with E-state index in [2.05, 4.69) is 0 Å². The number of rotatable bonds is 6. The van der Waals surface area contributed by atoms with Crippen molar-refractivity contribution in [1.29, 1.82) is 0 Å². The molecule has 0 aliphatic carbocycles. The van der Waals surface area contributed by atoms with Crippen LogP contribution in [-0.2, 0) is 32.7 Å². The SMILES string of the molecule is NCc1cc(CO)c(O)c(Cc2cc(CN)cc(CO)c2O)c1. The molecule has 0 radical (unpaired) electrons. The molecule has 2 aromatic rings. The Morgan fingerprint density at radius 3 is 1.30 bits per heavy atom. The van der Waals surface area contributed by atoms with Gasteiger partial charge in [0.1, 0.15) is 11.5 Å². The van der Waals surface area contributed by atoms with Crippen LogP contribution in [0.5, 0.6) is 11.5 Å². The van der Waals surface area contributed by atoms with Gasteiger partial charge in [-0.25, -0.2) is 0 Å². The van der Waals surface area contributed by atoms with E-state index in [0.29, 0.717) is 22.3 Å². The van der Waals surface area contributed by atoms with E-state index in [-0.39, 0.29) is 44.2 Å². The Morgan fingerprint density at radius 2 is 1.00 bits per heavy atom. The standard InChI is InChI=1S/C17H22N2O4/c18-6-10-1-12(16(22)14(3-10)8-20)5-13-2-11(7-19)4-15(9-21)17(13)23/h1-4,20-23H,5-9,18-19H2. The summed E-state index contributed by atoms with van der Waals surface area (Å²) in [5.41, 5.74) is 14.7. The van der Waals surface area contributed by atoms with Gasteiger partial charge in [0.15, 0.2) is 0 Å². The van der Waals surface area contributed by atoms with Gasteiger partial charge in [-0.3, -0.25) is 0 Å². The highest BCUT2D eigenvalue weighted by Crippen LogP contribution is 2.32. The van der Waals surface area contributed by atoms with Gasteiger partial charge in [0, 0.05) is 30.6 Å². The molecule has 0 aromatic heterocycles. The first-order valence-electron chi connectivity index (χ1n) is 7.33. The molecule has 23 heavy (non-hydrogen) atoms. The molecule has 0 amide bonds. The van der Waals surface area contributed by atoms with E-state index < -0.39 is 0 Å². The third kappa shape index (κ3) is 3.62. The Labute approximate surface area is 134 Å². The zero-order chi connectivity index (χ0) is 17.0. The summed E-state index contributed by atoms with van der Waals surface area (Å²) >= 11 is 0. The predicted molar refractivity (Wildman–Crippen MR) is 86.6 cm³/mol. The molecule has 6 heteroatoms. The topological polar surface area (TPSA) is 133 Å². The van der Waals surface area contributed by atoms with Crippen LogP contribution in [-0.4, -0.2) is 20.4 Å². The molecular weight excluding hydrogens is 296 g/mol. The van der Waals surface area contributed by atoms with Crippen LogP contribution in [0.1, 0.15) is 33.4 Å². The minimum Gasteiger partial charge on any atom is -0.507 e. The van der Waals surface area contributed by atoms with E-state index in [1.54, 1.807) is 24.3 Å². The van der Waals surface area contributed by atoms with Crippen molar-refractivity contribution in [2.24, 2.45) is 11.5 Å². The summed E-state index contributed by atoms with van der Waals surface area (Å²) < 4.78 is 0. The van der Waals surface area contributed by atoms with Gasteiger partial charge in [-0.2, -0.15) is 0 Å². The van der Waals surface area contributed by atoms with Gasteiger partial charge in [-0.05, 0) is 34.4 Å². The van der Waals surface area contributed by atoms with E-state index in [1.165, 1.54) is 0 Å². The van der Waals surface area contributed by atoms with E-state index >= 15 is 0 Å². The summed E-state index contributed by atoms with van der Waals surface area (Å²) in [4.78, 5) is 0. The lowest BCUT2D eigenvalue weighted by Gasteiger charge is -2.14. The number of hydrogen-bond donors (Lipinski definition) is 6. The number of hydrogen-bond acceptors (Lipinski definition) is 6. The van der Waals surface area contributed by atoms with Crippen molar-refractivity contribution in [1.82, 2.24) is 0 Å². The molecule has 124 valence electrons. The van der Waals surface area contributed by atoms with Crippen LogP contribution >= 0.6 is 0 Å². The molecule has 2 aromatic carbocycles. The molecule has 0 aliphatic rings. The molecule has 2 rings (SSSR count). The second-order valence-corrected chi connectivity index (χ2v) is 5.43. The molecule has 0 unspecified atom stereocenters. The molecule has 0 atom stereocenters. The zero-order valence-corrected chi connectivity index (χ0v) is 12.8. The first-order chi connectivity index (χ1) is 11.0. The quantitative estimate of drug-likeness (QED) is 0.462. The van der Waals surface area contributed by atoms with Crippen LogP contribution in [0.4, 0.5) is 0 Å². The van der Waals surface area contributed by atoms with Gasteiger partial charge in [-0.1, -0.05) is 12.1 Å². The van der Waals surface area contributed by atoms with E-state index in [0.717, 1.165) is 11.1 Å². The summed E-state index contributed by atoms with van der Waals surface area (Å²) in [6.45, 7) is -0.0548. The number of phenols is 2. The lowest BCUT2D eigenvalue weighted by atomic mass is 9.95. The second kappa shape index (κ2) is 7.43. The van der Waals surface area contributed by atoms with Gasteiger partial charge in [0.2, 0.25) is 0 Å². The van der Waals surface area contributed by atoms with Gasteiger partial charge < -0.3 is 31.9 Å². The van der Waals surface area contributed by atoms with E-state index in [9.17, 15) is 20.4 Å². The van der Waals surface area contributed by atoms with E-state index in [1.807, 2.05) is 0 Å². The van der Waals surface area contributed by atoms with Crippen molar-refractivity contribution >= 4 is 0 Å². The fourth-order valence-electron chi connectivity index (χ4n) is 2.62. The van der Waals surface area contributed by atoms with Crippen LogP contribution in [0.2, 0.25) is 0 Å². The van der Waals surface area contributed by atoms with E-state index in [4.69, 9.17) is 11.5 Å². The molecule has 0 saturated carbocycles. The molecule has 0 heterocycles. The maximum atomic E-state index is 10.3. The van der Waals surface area contributed by atoms with Crippen LogP contribution in [0.15, 0.2) is 24.3 Å². The van der Waals surface area contributed by atoms with Crippen molar-refractivity contribution in [3.63, 3.8) is 0 Å². The molecule has 0 fully saturated rings. The average Bonchev–Trinajstić information content (AvgIpc) is 2.58. The third-order valence-corrected chi connectivity index (χ3v) is 3.85. The number of aliphatic hydroxyl groups is 2. The van der Waals surface area contributed by atoms with Crippen LogP contribution in [0.3, 0.4) is 0 Å². The fourth-order valence-corrected chi connectivity index (χ4v) is 2.62. The second-order valence-electron chi connectivity index (χ2n) is 5.43. The molecule has 0 spiro atoms. The Kier molecular flexibility index (Phi) is 5.57. The Morgan fingerprint density at radius 1 is 0.652 bits per heavy atom. The fraction of sp³-hybridized carbons (Fsp3) is 0.294.